The van der Waals surface area contributed by atoms with Crippen molar-refractivity contribution in [2.75, 3.05) is 31.3 Å². The fraction of sp³-hybridized carbons (Fsp3) is 0.333. The third-order valence-corrected chi connectivity index (χ3v) is 2.97. The standard InChI is InChI=1S/C12H17ClN4O2/c1-16-10(18)3-4-17(2)11-8(12(15)19)5-7(14)6-9(11)13/h5-6H,3-4,14H2,1-2H3,(H2,15,19)(H,16,18). The maximum atomic E-state index is 11.4. The Balaban J connectivity index is 3.04. The van der Waals surface area contributed by atoms with Crippen molar-refractivity contribution < 1.29 is 9.59 Å². The molecule has 0 radical (unpaired) electrons. The van der Waals surface area contributed by atoms with Crippen LogP contribution in [0.5, 0.6) is 0 Å². The van der Waals surface area contributed by atoms with Crippen LogP contribution in [0.3, 0.4) is 0 Å². The molecule has 6 nitrogen and oxygen atoms in total. The van der Waals surface area contributed by atoms with Crippen molar-refractivity contribution in [2.24, 2.45) is 5.73 Å². The molecule has 0 saturated carbocycles. The molecular weight excluding hydrogens is 268 g/mol. The number of primary amides is 1. The molecule has 19 heavy (non-hydrogen) atoms. The topological polar surface area (TPSA) is 101 Å². The van der Waals surface area contributed by atoms with E-state index < -0.39 is 5.91 Å². The van der Waals surface area contributed by atoms with Crippen molar-refractivity contribution in [3.8, 4) is 0 Å². The minimum absolute atomic E-state index is 0.0981. The van der Waals surface area contributed by atoms with Crippen molar-refractivity contribution in [2.45, 2.75) is 6.42 Å². The Hall–Kier alpha value is -1.95. The lowest BCUT2D eigenvalue weighted by atomic mass is 10.1. The van der Waals surface area contributed by atoms with Gasteiger partial charge in [-0.15, -0.1) is 0 Å². The second-order valence-electron chi connectivity index (χ2n) is 4.11. The lowest BCUT2D eigenvalue weighted by molar-refractivity contribution is -0.120. The molecule has 0 atom stereocenters. The number of amides is 2. The van der Waals surface area contributed by atoms with Crippen molar-refractivity contribution in [3.05, 3.63) is 22.7 Å². The molecule has 0 spiro atoms. The fourth-order valence-electron chi connectivity index (χ4n) is 1.70. The van der Waals surface area contributed by atoms with Crippen LogP contribution < -0.4 is 21.7 Å². The van der Waals surface area contributed by atoms with Gasteiger partial charge in [0.15, 0.2) is 0 Å². The number of halogens is 1. The third kappa shape index (κ3) is 3.75. The van der Waals surface area contributed by atoms with Gasteiger partial charge in [-0.05, 0) is 12.1 Å². The predicted octanol–water partition coefficient (Wildman–Crippen LogP) is 0.593. The second kappa shape index (κ2) is 6.29. The van der Waals surface area contributed by atoms with Crippen LogP contribution in [-0.2, 0) is 4.79 Å². The number of nitrogens with two attached hydrogens (primary N) is 2. The minimum Gasteiger partial charge on any atom is -0.399 e. The van der Waals surface area contributed by atoms with Crippen LogP contribution in [-0.4, -0.2) is 32.5 Å². The normalized spacial score (nSPS) is 10.1. The maximum absolute atomic E-state index is 11.4. The summed E-state index contributed by atoms with van der Waals surface area (Å²) in [6, 6.07) is 3.01. The summed E-state index contributed by atoms with van der Waals surface area (Å²) in [5.74, 6) is -0.713. The lowest BCUT2D eigenvalue weighted by Gasteiger charge is -2.23. The number of rotatable bonds is 5. The fourth-order valence-corrected chi connectivity index (χ4v) is 2.07. The summed E-state index contributed by atoms with van der Waals surface area (Å²) in [6.45, 7) is 0.406. The average Bonchev–Trinajstić information content (AvgIpc) is 2.34. The highest BCUT2D eigenvalue weighted by molar-refractivity contribution is 6.34. The Morgan fingerprint density at radius 2 is 2.05 bits per heavy atom. The lowest BCUT2D eigenvalue weighted by Crippen LogP contribution is -2.28. The highest BCUT2D eigenvalue weighted by atomic mass is 35.5. The molecular formula is C12H17ClN4O2. The molecule has 104 valence electrons. The van der Waals surface area contributed by atoms with Crippen LogP contribution in [0.25, 0.3) is 0 Å². The van der Waals surface area contributed by atoms with Gasteiger partial charge >= 0.3 is 0 Å². The zero-order valence-electron chi connectivity index (χ0n) is 10.9. The van der Waals surface area contributed by atoms with Gasteiger partial charge in [-0.25, -0.2) is 0 Å². The monoisotopic (exact) mass is 284 g/mol. The van der Waals surface area contributed by atoms with E-state index in [0.717, 1.165) is 0 Å². The number of carbonyl (C=O) groups excluding carboxylic acids is 2. The first-order valence-electron chi connectivity index (χ1n) is 5.67. The number of carbonyl (C=O) groups is 2. The molecule has 5 N–H and O–H groups in total. The summed E-state index contributed by atoms with van der Waals surface area (Å²) in [4.78, 5) is 24.4. The first kappa shape index (κ1) is 15.1. The molecule has 2 amide bonds. The summed E-state index contributed by atoms with van der Waals surface area (Å²) < 4.78 is 0. The minimum atomic E-state index is -0.615. The molecule has 1 aromatic carbocycles. The quantitative estimate of drug-likeness (QED) is 0.689. The Labute approximate surface area is 116 Å². The van der Waals surface area contributed by atoms with Crippen LogP contribution >= 0.6 is 11.6 Å². The van der Waals surface area contributed by atoms with Gasteiger partial charge in [0.25, 0.3) is 5.91 Å². The smallest absolute Gasteiger partial charge is 0.250 e. The highest BCUT2D eigenvalue weighted by Gasteiger charge is 2.17. The van der Waals surface area contributed by atoms with Crippen LogP contribution in [0.4, 0.5) is 11.4 Å². The largest absolute Gasteiger partial charge is 0.399 e. The summed E-state index contributed by atoms with van der Waals surface area (Å²) in [7, 11) is 3.29. The molecule has 0 aliphatic rings. The SMILES string of the molecule is CNC(=O)CCN(C)c1c(Cl)cc(N)cc1C(N)=O. The number of nitrogen functional groups attached to an aromatic ring is 1. The number of benzene rings is 1. The van der Waals surface area contributed by atoms with Gasteiger partial charge < -0.3 is 21.7 Å². The number of anilines is 2. The van der Waals surface area contributed by atoms with Gasteiger partial charge in [0.1, 0.15) is 0 Å². The first-order chi connectivity index (χ1) is 8.86. The second-order valence-corrected chi connectivity index (χ2v) is 4.52. The van der Waals surface area contributed by atoms with Crippen molar-refractivity contribution in [1.29, 1.82) is 0 Å². The van der Waals surface area contributed by atoms with E-state index in [1.54, 1.807) is 25.1 Å². The van der Waals surface area contributed by atoms with Gasteiger partial charge in [-0.3, -0.25) is 9.59 Å². The predicted molar refractivity (Wildman–Crippen MR) is 76.3 cm³/mol. The first-order valence-corrected chi connectivity index (χ1v) is 6.05. The van der Waals surface area contributed by atoms with Crippen molar-refractivity contribution in [1.82, 2.24) is 5.32 Å². The van der Waals surface area contributed by atoms with Gasteiger partial charge in [0.2, 0.25) is 5.91 Å². The Kier molecular flexibility index (Phi) is 5.00. The van der Waals surface area contributed by atoms with E-state index in [9.17, 15) is 9.59 Å². The van der Waals surface area contributed by atoms with Gasteiger partial charge in [0, 0.05) is 32.7 Å². The van der Waals surface area contributed by atoms with Crippen molar-refractivity contribution in [3.63, 3.8) is 0 Å². The summed E-state index contributed by atoms with van der Waals surface area (Å²) >= 11 is 6.09. The molecule has 1 rings (SSSR count). The molecule has 0 aliphatic heterocycles. The Morgan fingerprint density at radius 3 is 2.58 bits per heavy atom. The van der Waals surface area contributed by atoms with Gasteiger partial charge in [-0.1, -0.05) is 11.6 Å². The van der Waals surface area contributed by atoms with E-state index in [0.29, 0.717) is 22.9 Å². The molecule has 0 aromatic heterocycles. The zero-order chi connectivity index (χ0) is 14.6. The molecule has 0 saturated heterocycles. The highest BCUT2D eigenvalue weighted by Crippen LogP contribution is 2.31. The average molecular weight is 285 g/mol. The molecule has 7 heteroatoms. The number of nitrogens with one attached hydrogen (secondary N) is 1. The van der Waals surface area contributed by atoms with E-state index in [-0.39, 0.29) is 17.9 Å². The molecule has 0 aliphatic carbocycles. The Morgan fingerprint density at radius 1 is 1.42 bits per heavy atom. The zero-order valence-corrected chi connectivity index (χ0v) is 11.6. The maximum Gasteiger partial charge on any atom is 0.250 e. The number of nitrogens with zero attached hydrogens (tertiary/aromatic N) is 1. The summed E-state index contributed by atoms with van der Waals surface area (Å²) in [6.07, 6.45) is 0.284. The van der Waals surface area contributed by atoms with E-state index >= 15 is 0 Å². The molecule has 0 fully saturated rings. The van der Waals surface area contributed by atoms with Crippen LogP contribution in [0.2, 0.25) is 5.02 Å². The number of hydrogen-bond donors (Lipinski definition) is 3. The Bertz CT molecular complexity index is 505. The van der Waals surface area contributed by atoms with E-state index in [1.165, 1.54) is 6.07 Å². The van der Waals surface area contributed by atoms with E-state index in [1.807, 2.05) is 0 Å². The summed E-state index contributed by atoms with van der Waals surface area (Å²) in [5.41, 5.74) is 12.0. The van der Waals surface area contributed by atoms with Crippen LogP contribution in [0.15, 0.2) is 12.1 Å². The van der Waals surface area contributed by atoms with Crippen molar-refractivity contribution >= 4 is 34.8 Å². The van der Waals surface area contributed by atoms with Crippen LogP contribution in [0, 0.1) is 0 Å². The van der Waals surface area contributed by atoms with Gasteiger partial charge in [0.05, 0.1) is 16.3 Å². The molecule has 1 aromatic rings. The molecule has 0 unspecified atom stereocenters. The van der Waals surface area contributed by atoms with Gasteiger partial charge in [-0.2, -0.15) is 0 Å². The molecule has 0 bridgehead atoms. The van der Waals surface area contributed by atoms with E-state index in [2.05, 4.69) is 5.32 Å². The van der Waals surface area contributed by atoms with E-state index in [4.69, 9.17) is 23.1 Å². The molecule has 0 heterocycles. The summed E-state index contributed by atoms with van der Waals surface area (Å²) in [5, 5.41) is 2.85. The third-order valence-electron chi connectivity index (χ3n) is 2.69. The van der Waals surface area contributed by atoms with Crippen LogP contribution in [0.1, 0.15) is 16.8 Å². The number of hydrogen-bond acceptors (Lipinski definition) is 4.